The minimum Gasteiger partial charge on any atom is -0.355 e. The maximum absolute atomic E-state index is 13.3. The Balaban J connectivity index is 1.50. The zero-order chi connectivity index (χ0) is 22.7. The third-order valence-electron chi connectivity index (χ3n) is 6.06. The molecule has 7 heteroatoms. The number of nitrogens with one attached hydrogen (secondary N) is 1. The molecule has 0 radical (unpaired) electrons. The van der Waals surface area contributed by atoms with Crippen LogP contribution in [0.2, 0.25) is 0 Å². The first-order chi connectivity index (χ1) is 15.4. The molecule has 2 aromatic heterocycles. The zero-order valence-electron chi connectivity index (χ0n) is 18.8. The van der Waals surface area contributed by atoms with E-state index < -0.39 is 0 Å². The molecule has 166 valence electrons. The van der Waals surface area contributed by atoms with Gasteiger partial charge in [0.1, 0.15) is 5.56 Å². The van der Waals surface area contributed by atoms with Gasteiger partial charge in [-0.15, -0.1) is 5.10 Å². The van der Waals surface area contributed by atoms with Crippen molar-refractivity contribution in [3.63, 3.8) is 0 Å². The Morgan fingerprint density at radius 2 is 1.91 bits per heavy atom. The van der Waals surface area contributed by atoms with Crippen molar-refractivity contribution in [3.05, 3.63) is 81.9 Å². The molecule has 0 saturated carbocycles. The van der Waals surface area contributed by atoms with Gasteiger partial charge in [-0.1, -0.05) is 26.0 Å². The molecule has 0 unspecified atom stereocenters. The van der Waals surface area contributed by atoms with Crippen LogP contribution >= 0.6 is 0 Å². The number of anilines is 1. The normalized spacial score (nSPS) is 14.6. The van der Waals surface area contributed by atoms with Gasteiger partial charge in [0.15, 0.2) is 5.82 Å². The second-order valence-electron chi connectivity index (χ2n) is 8.62. The molecular formula is C25H29N5O2. The number of hydrogen-bond acceptors (Lipinski definition) is 5. The fourth-order valence-corrected chi connectivity index (χ4v) is 4.11. The van der Waals surface area contributed by atoms with Crippen molar-refractivity contribution in [2.75, 3.05) is 18.0 Å². The number of aryl methyl sites for hydroxylation is 1. The summed E-state index contributed by atoms with van der Waals surface area (Å²) in [6.07, 6.45) is 4.98. The Hall–Kier alpha value is -3.48. The highest BCUT2D eigenvalue weighted by Gasteiger charge is 2.24. The number of piperidine rings is 1. The Morgan fingerprint density at radius 3 is 2.59 bits per heavy atom. The lowest BCUT2D eigenvalue weighted by Crippen LogP contribution is -2.46. The second-order valence-corrected chi connectivity index (χ2v) is 8.62. The standard InChI is InChI=1S/C25H29N5O2/c1-17(2)19-6-4-7-21(16-19)30-15-9-18(3)23(25(30)32)24(31)27-20-10-13-29(14-11-20)22-8-5-12-26-28-22/h4-9,12,15-17,20H,10-11,13-14H2,1-3H3,(H,27,31). The van der Waals surface area contributed by atoms with Crippen LogP contribution in [0, 0.1) is 6.92 Å². The van der Waals surface area contributed by atoms with Gasteiger partial charge in [0.25, 0.3) is 11.5 Å². The molecule has 0 aliphatic carbocycles. The van der Waals surface area contributed by atoms with Crippen LogP contribution in [0.15, 0.2) is 59.7 Å². The molecule has 3 aromatic rings. The van der Waals surface area contributed by atoms with E-state index in [4.69, 9.17) is 0 Å². The van der Waals surface area contributed by atoms with Crippen molar-refractivity contribution in [2.24, 2.45) is 0 Å². The number of carbonyl (C=O) groups excluding carboxylic acids is 1. The molecular weight excluding hydrogens is 402 g/mol. The first kappa shape index (κ1) is 21.7. The van der Waals surface area contributed by atoms with Crippen LogP contribution in [0.3, 0.4) is 0 Å². The quantitative estimate of drug-likeness (QED) is 0.669. The molecule has 32 heavy (non-hydrogen) atoms. The van der Waals surface area contributed by atoms with Gasteiger partial charge in [-0.2, -0.15) is 5.10 Å². The van der Waals surface area contributed by atoms with Gasteiger partial charge in [0.2, 0.25) is 0 Å². The van der Waals surface area contributed by atoms with E-state index >= 15 is 0 Å². The van der Waals surface area contributed by atoms with Gasteiger partial charge < -0.3 is 10.2 Å². The smallest absolute Gasteiger partial charge is 0.268 e. The van der Waals surface area contributed by atoms with Crippen LogP contribution in [0.25, 0.3) is 5.69 Å². The summed E-state index contributed by atoms with van der Waals surface area (Å²) < 4.78 is 1.56. The minimum absolute atomic E-state index is 0.0205. The first-order valence-corrected chi connectivity index (χ1v) is 11.1. The lowest BCUT2D eigenvalue weighted by Gasteiger charge is -2.32. The van der Waals surface area contributed by atoms with Crippen molar-refractivity contribution in [3.8, 4) is 5.69 Å². The molecule has 1 N–H and O–H groups in total. The van der Waals surface area contributed by atoms with Gasteiger partial charge in [-0.25, -0.2) is 0 Å². The van der Waals surface area contributed by atoms with Crippen LogP contribution < -0.4 is 15.8 Å². The molecule has 1 amide bonds. The summed E-state index contributed by atoms with van der Waals surface area (Å²) in [6, 6.07) is 13.6. The number of hydrogen-bond donors (Lipinski definition) is 1. The van der Waals surface area contributed by atoms with Crippen molar-refractivity contribution in [1.29, 1.82) is 0 Å². The highest BCUT2D eigenvalue weighted by atomic mass is 16.2. The van der Waals surface area contributed by atoms with Crippen LogP contribution in [0.1, 0.15) is 54.1 Å². The summed E-state index contributed by atoms with van der Waals surface area (Å²) in [7, 11) is 0. The zero-order valence-corrected chi connectivity index (χ0v) is 18.8. The van der Waals surface area contributed by atoms with Gasteiger partial charge in [0, 0.05) is 37.2 Å². The van der Waals surface area contributed by atoms with E-state index in [9.17, 15) is 9.59 Å². The summed E-state index contributed by atoms with van der Waals surface area (Å²) in [5.74, 6) is 0.897. The van der Waals surface area contributed by atoms with Crippen molar-refractivity contribution in [2.45, 2.75) is 45.6 Å². The van der Waals surface area contributed by atoms with E-state index in [1.54, 1.807) is 17.0 Å². The molecule has 1 aliphatic rings. The molecule has 1 aromatic carbocycles. The number of amides is 1. The van der Waals surface area contributed by atoms with Gasteiger partial charge in [0.05, 0.1) is 0 Å². The van der Waals surface area contributed by atoms with E-state index in [-0.39, 0.29) is 23.1 Å². The number of pyridine rings is 1. The summed E-state index contributed by atoms with van der Waals surface area (Å²) in [5.41, 5.74) is 2.52. The maximum Gasteiger partial charge on any atom is 0.268 e. The van der Waals surface area contributed by atoms with Crippen molar-refractivity contribution in [1.82, 2.24) is 20.1 Å². The van der Waals surface area contributed by atoms with Crippen LogP contribution in [-0.4, -0.2) is 39.8 Å². The maximum atomic E-state index is 13.3. The fourth-order valence-electron chi connectivity index (χ4n) is 4.11. The Labute approximate surface area is 188 Å². The molecule has 0 bridgehead atoms. The van der Waals surface area contributed by atoms with E-state index in [0.29, 0.717) is 11.5 Å². The summed E-state index contributed by atoms with van der Waals surface area (Å²) in [6.45, 7) is 7.60. The third kappa shape index (κ3) is 4.56. The van der Waals surface area contributed by atoms with Gasteiger partial charge in [-0.05, 0) is 67.1 Å². The summed E-state index contributed by atoms with van der Waals surface area (Å²) >= 11 is 0. The Morgan fingerprint density at radius 1 is 1.12 bits per heavy atom. The van der Waals surface area contributed by atoms with E-state index in [0.717, 1.165) is 43.0 Å². The highest BCUT2D eigenvalue weighted by molar-refractivity contribution is 5.95. The first-order valence-electron chi connectivity index (χ1n) is 11.1. The SMILES string of the molecule is Cc1ccn(-c2cccc(C(C)C)c2)c(=O)c1C(=O)NC1CCN(c2cccnn2)CC1. The van der Waals surface area contributed by atoms with Crippen LogP contribution in [-0.2, 0) is 0 Å². The molecule has 4 rings (SSSR count). The van der Waals surface area contributed by atoms with Crippen molar-refractivity contribution >= 4 is 11.7 Å². The monoisotopic (exact) mass is 431 g/mol. The molecule has 7 nitrogen and oxygen atoms in total. The number of carbonyl (C=O) groups is 1. The average Bonchev–Trinajstić information content (AvgIpc) is 2.80. The van der Waals surface area contributed by atoms with Crippen molar-refractivity contribution < 1.29 is 4.79 Å². The molecule has 3 heterocycles. The summed E-state index contributed by atoms with van der Waals surface area (Å²) in [5, 5.41) is 11.2. The molecule has 0 atom stereocenters. The molecule has 1 fully saturated rings. The largest absolute Gasteiger partial charge is 0.355 e. The lowest BCUT2D eigenvalue weighted by molar-refractivity contribution is 0.0928. The lowest BCUT2D eigenvalue weighted by atomic mass is 10.0. The highest BCUT2D eigenvalue weighted by Crippen LogP contribution is 2.19. The minimum atomic E-state index is -0.306. The van der Waals surface area contributed by atoms with E-state index in [1.165, 1.54) is 0 Å². The number of rotatable bonds is 5. The average molecular weight is 432 g/mol. The van der Waals surface area contributed by atoms with Gasteiger partial charge in [-0.3, -0.25) is 14.2 Å². The third-order valence-corrected chi connectivity index (χ3v) is 6.06. The van der Waals surface area contributed by atoms with Crippen LogP contribution in [0.4, 0.5) is 5.82 Å². The molecule has 1 saturated heterocycles. The molecule has 1 aliphatic heterocycles. The van der Waals surface area contributed by atoms with E-state index in [1.807, 2.05) is 43.3 Å². The number of nitrogens with zero attached hydrogens (tertiary/aromatic N) is 4. The number of aromatic nitrogens is 3. The fraction of sp³-hybridized carbons (Fsp3) is 0.360. The predicted octanol–water partition coefficient (Wildman–Crippen LogP) is 3.46. The predicted molar refractivity (Wildman–Crippen MR) is 126 cm³/mol. The van der Waals surface area contributed by atoms with Gasteiger partial charge >= 0.3 is 0 Å². The topological polar surface area (TPSA) is 80.1 Å². The Kier molecular flexibility index (Phi) is 6.35. The Bertz CT molecular complexity index is 1150. The molecule has 0 spiro atoms. The van der Waals surface area contributed by atoms with Crippen LogP contribution in [0.5, 0.6) is 0 Å². The van der Waals surface area contributed by atoms with E-state index in [2.05, 4.69) is 40.3 Å². The second kappa shape index (κ2) is 9.34. The number of benzene rings is 1. The summed E-state index contributed by atoms with van der Waals surface area (Å²) in [4.78, 5) is 28.5.